The Morgan fingerprint density at radius 1 is 0.938 bits per heavy atom. The van der Waals surface area contributed by atoms with Crippen LogP contribution in [0.5, 0.6) is 5.75 Å². The second-order valence-electron chi connectivity index (χ2n) is 7.52. The minimum atomic E-state index is 0.658. The Morgan fingerprint density at radius 3 is 2.69 bits per heavy atom. The van der Waals surface area contributed by atoms with Gasteiger partial charge in [0.15, 0.2) is 5.65 Å². The molecule has 6 rings (SSSR count). The molecule has 0 amide bonds. The maximum absolute atomic E-state index is 5.31. The fraction of sp³-hybridized carbons (Fsp3) is 0.0833. The van der Waals surface area contributed by atoms with Crippen molar-refractivity contribution >= 4 is 33.3 Å². The van der Waals surface area contributed by atoms with Gasteiger partial charge in [0.05, 0.1) is 35.3 Å². The molecule has 0 radical (unpaired) electrons. The van der Waals surface area contributed by atoms with Gasteiger partial charge in [0.1, 0.15) is 5.75 Å². The molecular weight excluding hydrogens is 420 g/mol. The summed E-state index contributed by atoms with van der Waals surface area (Å²) in [7, 11) is 1.63. The summed E-state index contributed by atoms with van der Waals surface area (Å²) in [5.74, 6) is 0.703. The van der Waals surface area contributed by atoms with E-state index in [1.807, 2.05) is 18.3 Å². The lowest BCUT2D eigenvalue weighted by Gasteiger charge is -2.04. The van der Waals surface area contributed by atoms with Crippen molar-refractivity contribution in [1.29, 1.82) is 0 Å². The van der Waals surface area contributed by atoms with Crippen LogP contribution in [0.2, 0.25) is 0 Å². The standard InChI is InChI=1S/C24H18N6OS/c1-13-3-4-21(32-13)23-17-9-20(28-19(17)5-6-26-23)22-18-8-15(11-27-24(18)30-29-22)14-7-16(31-2)12-25-10-14/h3-12,28H,1-2H3,(H,27,29,30). The van der Waals surface area contributed by atoms with Gasteiger partial charge in [-0.2, -0.15) is 5.10 Å². The van der Waals surface area contributed by atoms with Crippen LogP contribution in [-0.2, 0) is 0 Å². The molecule has 6 aromatic rings. The van der Waals surface area contributed by atoms with E-state index in [4.69, 9.17) is 4.74 Å². The van der Waals surface area contributed by atoms with E-state index in [-0.39, 0.29) is 0 Å². The molecule has 0 bridgehead atoms. The number of nitrogens with one attached hydrogen (secondary N) is 2. The third-order valence-corrected chi connectivity index (χ3v) is 6.49. The molecule has 6 heterocycles. The molecule has 2 N–H and O–H groups in total. The van der Waals surface area contributed by atoms with Gasteiger partial charge in [0, 0.05) is 50.9 Å². The van der Waals surface area contributed by atoms with Crippen molar-refractivity contribution in [1.82, 2.24) is 30.1 Å². The Hall–Kier alpha value is -4.04. The zero-order valence-corrected chi connectivity index (χ0v) is 18.2. The lowest BCUT2D eigenvalue weighted by molar-refractivity contribution is 0.413. The van der Waals surface area contributed by atoms with Crippen molar-refractivity contribution in [3.05, 3.63) is 66.1 Å². The zero-order valence-electron chi connectivity index (χ0n) is 17.4. The molecular formula is C24H18N6OS. The quantitative estimate of drug-likeness (QED) is 0.373. The Labute approximate surface area is 187 Å². The van der Waals surface area contributed by atoms with Crippen LogP contribution in [-0.4, -0.2) is 37.2 Å². The predicted molar refractivity (Wildman–Crippen MR) is 127 cm³/mol. The summed E-state index contributed by atoms with van der Waals surface area (Å²) < 4.78 is 5.31. The first-order valence-electron chi connectivity index (χ1n) is 10.1. The summed E-state index contributed by atoms with van der Waals surface area (Å²) in [5, 5.41) is 9.57. The van der Waals surface area contributed by atoms with Gasteiger partial charge in [-0.15, -0.1) is 11.3 Å². The van der Waals surface area contributed by atoms with Crippen LogP contribution >= 0.6 is 11.3 Å². The predicted octanol–water partition coefficient (Wildman–Crippen LogP) is 5.61. The Kier molecular flexibility index (Phi) is 4.26. The van der Waals surface area contributed by atoms with Crippen LogP contribution in [0.3, 0.4) is 0 Å². The number of fused-ring (bicyclic) bond motifs is 2. The molecule has 156 valence electrons. The van der Waals surface area contributed by atoms with E-state index in [9.17, 15) is 0 Å². The van der Waals surface area contributed by atoms with Crippen LogP contribution in [0.25, 0.3) is 55.0 Å². The number of rotatable bonds is 4. The molecule has 0 aliphatic carbocycles. The minimum Gasteiger partial charge on any atom is -0.495 e. The maximum atomic E-state index is 5.31. The summed E-state index contributed by atoms with van der Waals surface area (Å²) in [4.78, 5) is 19.4. The summed E-state index contributed by atoms with van der Waals surface area (Å²) in [6.45, 7) is 2.11. The number of H-pyrrole nitrogens is 2. The molecule has 0 spiro atoms. The number of aromatic amines is 2. The number of aryl methyl sites for hydroxylation is 1. The van der Waals surface area contributed by atoms with Crippen LogP contribution in [0.15, 0.2) is 61.2 Å². The third kappa shape index (κ3) is 3.04. The molecule has 8 heteroatoms. The van der Waals surface area contributed by atoms with Gasteiger partial charge in [-0.1, -0.05) is 0 Å². The number of aromatic nitrogens is 6. The van der Waals surface area contributed by atoms with Crippen molar-refractivity contribution < 1.29 is 4.74 Å². The minimum absolute atomic E-state index is 0.658. The topological polar surface area (TPSA) is 92.4 Å². The Bertz CT molecular complexity index is 1600. The number of hydrogen-bond donors (Lipinski definition) is 2. The summed E-state index contributed by atoms with van der Waals surface area (Å²) in [5.41, 5.74) is 6.36. The molecule has 0 aromatic carbocycles. The average molecular weight is 439 g/mol. The van der Waals surface area contributed by atoms with E-state index in [1.54, 1.807) is 37.0 Å². The second kappa shape index (κ2) is 7.28. The van der Waals surface area contributed by atoms with Gasteiger partial charge in [0.25, 0.3) is 0 Å². The second-order valence-corrected chi connectivity index (χ2v) is 8.81. The van der Waals surface area contributed by atoms with Gasteiger partial charge in [-0.05, 0) is 43.3 Å². The van der Waals surface area contributed by atoms with Gasteiger partial charge in [0.2, 0.25) is 0 Å². The highest BCUT2D eigenvalue weighted by molar-refractivity contribution is 7.15. The van der Waals surface area contributed by atoms with Crippen molar-refractivity contribution in [3.63, 3.8) is 0 Å². The SMILES string of the molecule is COc1cncc(-c2cnc3n[nH]c(-c4cc5c(-c6ccc(C)s6)nccc5[nH]4)c3c2)c1. The number of thiophene rings is 1. The number of ether oxygens (including phenoxy) is 1. The first-order valence-corrected chi connectivity index (χ1v) is 10.9. The summed E-state index contributed by atoms with van der Waals surface area (Å²) in [6, 6.07) is 12.4. The van der Waals surface area contributed by atoms with Crippen molar-refractivity contribution in [3.8, 4) is 38.8 Å². The van der Waals surface area contributed by atoms with Crippen LogP contribution < -0.4 is 4.74 Å². The molecule has 0 saturated heterocycles. The van der Waals surface area contributed by atoms with Crippen molar-refractivity contribution in [2.75, 3.05) is 7.11 Å². The molecule has 0 fully saturated rings. The number of nitrogens with zero attached hydrogens (tertiary/aromatic N) is 4. The monoisotopic (exact) mass is 438 g/mol. The molecule has 0 saturated carbocycles. The lowest BCUT2D eigenvalue weighted by atomic mass is 10.1. The molecule has 6 aromatic heterocycles. The van der Waals surface area contributed by atoms with E-state index < -0.39 is 0 Å². The highest BCUT2D eigenvalue weighted by atomic mass is 32.1. The zero-order chi connectivity index (χ0) is 21.7. The van der Waals surface area contributed by atoms with E-state index in [1.165, 1.54) is 4.88 Å². The fourth-order valence-corrected chi connectivity index (χ4v) is 4.78. The number of methoxy groups -OCH3 is 1. The molecule has 0 aliphatic rings. The van der Waals surface area contributed by atoms with Gasteiger partial charge in [-0.25, -0.2) is 4.98 Å². The first-order chi connectivity index (χ1) is 15.7. The average Bonchev–Trinajstić information content (AvgIpc) is 3.55. The summed E-state index contributed by atoms with van der Waals surface area (Å²) in [6.07, 6.45) is 7.13. The van der Waals surface area contributed by atoms with E-state index in [2.05, 4.69) is 61.3 Å². The number of hydrogen-bond acceptors (Lipinski definition) is 6. The van der Waals surface area contributed by atoms with E-state index >= 15 is 0 Å². The van der Waals surface area contributed by atoms with Gasteiger partial charge in [-0.3, -0.25) is 15.1 Å². The van der Waals surface area contributed by atoms with E-state index in [0.29, 0.717) is 11.4 Å². The van der Waals surface area contributed by atoms with Gasteiger partial charge >= 0.3 is 0 Å². The lowest BCUT2D eigenvalue weighted by Crippen LogP contribution is -1.87. The van der Waals surface area contributed by atoms with Gasteiger partial charge < -0.3 is 9.72 Å². The Morgan fingerprint density at radius 2 is 1.84 bits per heavy atom. The smallest absolute Gasteiger partial charge is 0.181 e. The maximum Gasteiger partial charge on any atom is 0.181 e. The molecule has 7 nitrogen and oxygen atoms in total. The highest BCUT2D eigenvalue weighted by Crippen LogP contribution is 2.36. The highest BCUT2D eigenvalue weighted by Gasteiger charge is 2.16. The Balaban J connectivity index is 1.49. The molecule has 32 heavy (non-hydrogen) atoms. The van der Waals surface area contributed by atoms with Crippen LogP contribution in [0.4, 0.5) is 0 Å². The van der Waals surface area contributed by atoms with E-state index in [0.717, 1.165) is 49.4 Å². The van der Waals surface area contributed by atoms with Crippen LogP contribution in [0.1, 0.15) is 4.88 Å². The molecule has 0 aliphatic heterocycles. The number of pyridine rings is 3. The molecule has 0 unspecified atom stereocenters. The third-order valence-electron chi connectivity index (χ3n) is 5.48. The molecule has 0 atom stereocenters. The fourth-order valence-electron chi connectivity index (χ4n) is 3.90. The summed E-state index contributed by atoms with van der Waals surface area (Å²) >= 11 is 1.74. The van der Waals surface area contributed by atoms with Crippen molar-refractivity contribution in [2.24, 2.45) is 0 Å². The largest absolute Gasteiger partial charge is 0.495 e. The van der Waals surface area contributed by atoms with Crippen LogP contribution in [0, 0.1) is 6.92 Å². The normalized spacial score (nSPS) is 11.4. The van der Waals surface area contributed by atoms with Crippen molar-refractivity contribution in [2.45, 2.75) is 6.92 Å². The first kappa shape index (κ1) is 18.7.